The smallest absolute Gasteiger partial charge is 0.303 e. The highest BCUT2D eigenvalue weighted by Crippen LogP contribution is 2.42. The fraction of sp³-hybridized carbons (Fsp3) is 0.539. The Kier molecular flexibility index (Phi) is 34.3. The van der Waals surface area contributed by atoms with Gasteiger partial charge in [-0.1, -0.05) is 177 Å². The number of methoxy groups -OCH3 is 1. The maximum absolute atomic E-state index is 13.9. The van der Waals surface area contributed by atoms with E-state index in [1.165, 1.54) is 7.11 Å². The van der Waals surface area contributed by atoms with Crippen LogP contribution in [-0.2, 0) is 152 Å². The summed E-state index contributed by atoms with van der Waals surface area (Å²) < 4.78 is 128. The highest BCUT2D eigenvalue weighted by Gasteiger charge is 2.60. The molecule has 5 aliphatic heterocycles. The number of aliphatic hydroxyl groups is 1. The minimum atomic E-state index is -2.03. The van der Waals surface area contributed by atoms with Crippen LogP contribution in [0.3, 0.4) is 0 Å². The summed E-state index contributed by atoms with van der Waals surface area (Å²) in [6.45, 7) is 2.61. The van der Waals surface area contributed by atoms with Gasteiger partial charge in [-0.15, -0.1) is 0 Å². The summed E-state index contributed by atoms with van der Waals surface area (Å²) in [5, 5.41) is 31.9. The quantitative estimate of drug-likeness (QED) is 0.0126. The Morgan fingerprint density at radius 3 is 0.726 bits per heavy atom. The van der Waals surface area contributed by atoms with Crippen LogP contribution in [0.1, 0.15) is 62.4 Å². The van der Waals surface area contributed by atoms with Crippen molar-refractivity contribution in [2.75, 3.05) is 40.1 Å². The molecule has 41 nitrogen and oxygen atoms in total. The Balaban J connectivity index is 1.05. The first-order valence-electron chi connectivity index (χ1n) is 37.1. The number of esters is 5. The van der Waals surface area contributed by atoms with Crippen molar-refractivity contribution in [1.29, 1.82) is 0 Å². The molecule has 0 spiro atoms. The van der Waals surface area contributed by atoms with E-state index < -0.39 is 203 Å². The predicted octanol–water partition coefficient (Wildman–Crippen LogP) is 9.30. The van der Waals surface area contributed by atoms with E-state index in [1.807, 2.05) is 18.2 Å². The monoisotopic (exact) mass is 1630 g/mol. The number of ether oxygens (including phenoxy) is 20. The lowest BCUT2D eigenvalue weighted by Crippen LogP contribution is -2.68. The van der Waals surface area contributed by atoms with Gasteiger partial charge in [-0.3, -0.25) is 24.0 Å². The molecule has 5 saturated heterocycles. The van der Waals surface area contributed by atoms with Crippen LogP contribution in [0.5, 0.6) is 0 Å². The molecule has 5 aromatic rings. The van der Waals surface area contributed by atoms with Gasteiger partial charge in [0.1, 0.15) is 122 Å². The van der Waals surface area contributed by atoms with Crippen molar-refractivity contribution >= 4 is 29.8 Å². The van der Waals surface area contributed by atoms with Crippen LogP contribution >= 0.6 is 0 Å². The van der Waals surface area contributed by atoms with Crippen molar-refractivity contribution in [1.82, 2.24) is 0 Å². The van der Waals surface area contributed by atoms with Crippen molar-refractivity contribution in [2.45, 2.75) is 221 Å². The molecule has 0 saturated carbocycles. The van der Waals surface area contributed by atoms with E-state index in [0.29, 0.717) is 16.7 Å². The fourth-order valence-electron chi connectivity index (χ4n) is 13.9. The topological polar surface area (TPSA) is 534 Å². The van der Waals surface area contributed by atoms with Crippen molar-refractivity contribution in [2.24, 2.45) is 25.6 Å². The molecular formula is C76H89N15O26. The van der Waals surface area contributed by atoms with Crippen molar-refractivity contribution < 1.29 is 124 Å². The molecule has 5 aliphatic rings. The zero-order chi connectivity index (χ0) is 83.2. The van der Waals surface area contributed by atoms with Gasteiger partial charge in [-0.05, 0) is 55.5 Å². The van der Waals surface area contributed by atoms with Crippen molar-refractivity contribution in [3.05, 3.63) is 232 Å². The number of carbonyl (C=O) groups excluding carboxylic acids is 5. The second-order valence-electron chi connectivity index (χ2n) is 27.2. The highest BCUT2D eigenvalue weighted by molar-refractivity contribution is 5.68. The summed E-state index contributed by atoms with van der Waals surface area (Å²) in [4.78, 5) is 82.9. The summed E-state index contributed by atoms with van der Waals surface area (Å²) in [5.74, 6) is -4.84. The molecular weight excluding hydrogens is 1540 g/mol. The Labute approximate surface area is 669 Å². The van der Waals surface area contributed by atoms with Gasteiger partial charge in [-0.2, -0.15) is 0 Å². The van der Waals surface area contributed by atoms with E-state index in [9.17, 15) is 56.7 Å². The highest BCUT2D eigenvalue weighted by atomic mass is 16.8. The van der Waals surface area contributed by atoms with Gasteiger partial charge in [0.2, 0.25) is 0 Å². The van der Waals surface area contributed by atoms with Gasteiger partial charge < -0.3 is 99.8 Å². The van der Waals surface area contributed by atoms with Crippen LogP contribution < -0.4 is 0 Å². The lowest BCUT2D eigenvalue weighted by atomic mass is 9.93. The van der Waals surface area contributed by atoms with Gasteiger partial charge >= 0.3 is 29.8 Å². The van der Waals surface area contributed by atoms with Crippen LogP contribution in [-0.4, -0.2) is 228 Å². The molecule has 1 N–H and O–H groups in total. The number of carbonyl (C=O) groups is 5. The summed E-state index contributed by atoms with van der Waals surface area (Å²) >= 11 is 0. The van der Waals surface area contributed by atoms with E-state index in [0.717, 1.165) is 45.7 Å². The number of benzene rings is 5. The molecule has 624 valence electrons. The molecule has 0 aromatic heterocycles. The number of rotatable bonds is 39. The van der Waals surface area contributed by atoms with Crippen LogP contribution in [0.4, 0.5) is 0 Å². The van der Waals surface area contributed by atoms with Gasteiger partial charge in [-0.25, -0.2) is 0 Å². The van der Waals surface area contributed by atoms with Crippen molar-refractivity contribution in [3.63, 3.8) is 0 Å². The minimum Gasteiger partial charge on any atom is -0.459 e. The summed E-state index contributed by atoms with van der Waals surface area (Å²) in [7, 11) is 1.26. The van der Waals surface area contributed by atoms with E-state index in [1.54, 1.807) is 133 Å². The van der Waals surface area contributed by atoms with Crippen LogP contribution in [0, 0.1) is 0 Å². The number of hydrogen-bond donors (Lipinski definition) is 1. The van der Waals surface area contributed by atoms with E-state index in [-0.39, 0.29) is 46.2 Å². The molecule has 0 unspecified atom stereocenters. The van der Waals surface area contributed by atoms with Crippen molar-refractivity contribution in [3.8, 4) is 0 Å². The standard InChI is InChI=1S/C76H89N15O26/c1-42(92)104-67-57(82-87-77)73(109-52(62(67)97)37-99-32-47-22-12-7-13-23-47)114-64-54(39-101-34-49-26-16-9-17-27-49)111-75(59(84-89-79)69(64)106-44(3)94)116-66-56(41-103-36-51-30-20-11-21-31-51)113-76(61(86-91-81)71(66)108-46(5)96)117-65-55(40-102-35-50-28-18-10-19-29-50)112-74(60(85-90-80)70(65)107-45(4)95)115-63-53(38-100-33-48-24-14-8-15-25-48)110-72(98-6)58(83-88-78)68(63)105-43(2)93/h7-31,52-76,97H,32-41H2,1-6H3/t52-,53-,54-,55-,56-,57-,58-,59-,60-,61-,62+,63+,64+,65+,66+,67-,68-,69-,70-,71-,72+,73-,74-,75-,76-/m1/s1. The van der Waals surface area contributed by atoms with Gasteiger partial charge in [0, 0.05) is 66.3 Å². The van der Waals surface area contributed by atoms with E-state index in [2.05, 4.69) is 50.1 Å². The van der Waals surface area contributed by atoms with Crippen LogP contribution in [0.2, 0.25) is 0 Å². The van der Waals surface area contributed by atoms with Gasteiger partial charge in [0.25, 0.3) is 0 Å². The molecule has 0 amide bonds. The lowest BCUT2D eigenvalue weighted by Gasteiger charge is -2.51. The second kappa shape index (κ2) is 45.2. The fourth-order valence-corrected chi connectivity index (χ4v) is 13.9. The van der Waals surface area contributed by atoms with Crippen LogP contribution in [0.15, 0.2) is 177 Å². The average molecular weight is 1630 g/mol. The maximum atomic E-state index is 13.9. The third-order valence-corrected chi connectivity index (χ3v) is 18.9. The number of hydrogen-bond acceptors (Lipinski definition) is 31. The normalized spacial score (nSPS) is 30.6. The minimum absolute atomic E-state index is 0.0154. The first-order valence-corrected chi connectivity index (χ1v) is 37.1. The second-order valence-corrected chi connectivity index (χ2v) is 27.2. The first-order chi connectivity index (χ1) is 56.8. The van der Waals surface area contributed by atoms with Gasteiger partial charge in [0.05, 0.1) is 66.1 Å². The predicted molar refractivity (Wildman–Crippen MR) is 399 cm³/mol. The largest absolute Gasteiger partial charge is 0.459 e. The van der Waals surface area contributed by atoms with Crippen LogP contribution in [0.25, 0.3) is 52.2 Å². The zero-order valence-corrected chi connectivity index (χ0v) is 64.3. The third kappa shape index (κ3) is 25.0. The van der Waals surface area contributed by atoms with E-state index >= 15 is 0 Å². The van der Waals surface area contributed by atoms with Gasteiger partial charge in [0.15, 0.2) is 31.5 Å². The zero-order valence-electron chi connectivity index (χ0n) is 64.3. The molecule has 0 aliphatic carbocycles. The molecule has 41 heteroatoms. The molecule has 0 bridgehead atoms. The Hall–Kier alpha value is -10.6. The average Bonchev–Trinajstić information content (AvgIpc) is 0.758. The molecule has 0 radical (unpaired) electrons. The molecule has 5 heterocycles. The maximum Gasteiger partial charge on any atom is 0.303 e. The number of aliphatic hydroxyl groups excluding tert-OH is 1. The Morgan fingerprint density at radius 2 is 0.504 bits per heavy atom. The Bertz CT molecular complexity index is 4270. The molecule has 5 aromatic carbocycles. The summed E-state index contributed by atoms with van der Waals surface area (Å²) in [5.41, 5.74) is 55.4. The Morgan fingerprint density at radius 1 is 0.308 bits per heavy atom. The molecule has 10 rings (SSSR count). The summed E-state index contributed by atoms with van der Waals surface area (Å²) in [6, 6.07) is 35.5. The molecule has 5 fully saturated rings. The molecule has 25 atom stereocenters. The summed E-state index contributed by atoms with van der Waals surface area (Å²) in [6.07, 6.45) is -34.4. The molecule has 117 heavy (non-hydrogen) atoms. The lowest BCUT2D eigenvalue weighted by molar-refractivity contribution is -0.366. The number of nitrogens with zero attached hydrogens (tertiary/aromatic N) is 15. The SMILES string of the molecule is CO[C@H]1O[C@H](COCc2ccccc2)[C@H](O[C@H]2O[C@H](COCc3ccccc3)[C@H](O[C@H]3O[C@H](COCc4ccccc4)[C@H](O[C@H]4O[C@H](COCc5ccccc5)[C@H](O[C@H]5O[C@H](COCc6ccccc6)[C@H](O)[C@H](OC(C)=O)[C@H]5N=[N+]=[N-])[C@H](OC(C)=O)[C@H]4N=[N+]=[N-])[C@H](OC(C)=O)[C@H]3N=[N+]=[N-])[C@H](OC(C)=O)[C@H]2N=[N+]=[N-])[C@H](OC(C)=O)[C@H]1N=[N+]=[N-]. The first kappa shape index (κ1) is 88.7. The third-order valence-electron chi connectivity index (χ3n) is 18.9. The number of azide groups is 5. The van der Waals surface area contributed by atoms with E-state index in [4.69, 9.17) is 94.7 Å².